The SMILES string of the molecule is CCc1nc2ccccn2c1C(=O)Nc1ccccc1. The Hall–Kier alpha value is -2.62. The third kappa shape index (κ3) is 2.16. The molecular formula is C16H15N3O. The van der Waals surface area contributed by atoms with Crippen molar-refractivity contribution >= 4 is 17.2 Å². The van der Waals surface area contributed by atoms with Gasteiger partial charge in [0.05, 0.1) is 5.69 Å². The molecule has 1 N–H and O–H groups in total. The van der Waals surface area contributed by atoms with Gasteiger partial charge in [0.2, 0.25) is 0 Å². The number of carbonyl (C=O) groups excluding carboxylic acids is 1. The average molecular weight is 265 g/mol. The molecule has 1 aromatic carbocycles. The van der Waals surface area contributed by atoms with Gasteiger partial charge < -0.3 is 5.32 Å². The zero-order valence-electron chi connectivity index (χ0n) is 11.2. The molecule has 100 valence electrons. The van der Waals surface area contributed by atoms with Crippen molar-refractivity contribution in [2.45, 2.75) is 13.3 Å². The largest absolute Gasteiger partial charge is 0.321 e. The smallest absolute Gasteiger partial charge is 0.274 e. The standard InChI is InChI=1S/C16H15N3O/c1-2-13-15(19-11-7-6-10-14(19)18-13)16(20)17-12-8-4-3-5-9-12/h3-11H,2H2,1H3,(H,17,20). The Bertz CT molecular complexity index is 747. The molecule has 3 aromatic rings. The summed E-state index contributed by atoms with van der Waals surface area (Å²) >= 11 is 0. The van der Waals surface area contributed by atoms with Crippen molar-refractivity contribution in [3.8, 4) is 0 Å². The number of benzene rings is 1. The number of aryl methyl sites for hydroxylation is 1. The number of carbonyl (C=O) groups is 1. The molecule has 4 heteroatoms. The van der Waals surface area contributed by atoms with E-state index in [1.165, 1.54) is 0 Å². The molecule has 3 rings (SSSR count). The Labute approximate surface area is 117 Å². The molecule has 0 unspecified atom stereocenters. The zero-order valence-corrected chi connectivity index (χ0v) is 11.2. The third-order valence-corrected chi connectivity index (χ3v) is 3.18. The summed E-state index contributed by atoms with van der Waals surface area (Å²) in [5.41, 5.74) is 2.99. The lowest BCUT2D eigenvalue weighted by atomic mass is 10.2. The van der Waals surface area contributed by atoms with E-state index in [1.54, 1.807) is 0 Å². The normalized spacial score (nSPS) is 10.7. The van der Waals surface area contributed by atoms with Gasteiger partial charge in [-0.3, -0.25) is 9.20 Å². The van der Waals surface area contributed by atoms with Crippen molar-refractivity contribution in [3.05, 3.63) is 66.1 Å². The van der Waals surface area contributed by atoms with Gasteiger partial charge in [0.1, 0.15) is 11.3 Å². The zero-order chi connectivity index (χ0) is 13.9. The van der Waals surface area contributed by atoms with Gasteiger partial charge >= 0.3 is 0 Å². The maximum atomic E-state index is 12.5. The van der Waals surface area contributed by atoms with Gasteiger partial charge in [-0.15, -0.1) is 0 Å². The van der Waals surface area contributed by atoms with Gasteiger partial charge in [-0.05, 0) is 30.7 Å². The molecule has 0 aliphatic heterocycles. The summed E-state index contributed by atoms with van der Waals surface area (Å²) in [5, 5.41) is 2.91. The van der Waals surface area contributed by atoms with E-state index in [1.807, 2.05) is 66.1 Å². The molecule has 0 spiro atoms. The number of anilines is 1. The van der Waals surface area contributed by atoms with Crippen LogP contribution in [0.2, 0.25) is 0 Å². The minimum absolute atomic E-state index is 0.133. The van der Waals surface area contributed by atoms with Crippen LogP contribution in [0.25, 0.3) is 5.65 Å². The summed E-state index contributed by atoms with van der Waals surface area (Å²) in [6.45, 7) is 2.00. The Morgan fingerprint density at radius 1 is 1.15 bits per heavy atom. The number of aromatic nitrogens is 2. The summed E-state index contributed by atoms with van der Waals surface area (Å²) in [6, 6.07) is 15.2. The van der Waals surface area contributed by atoms with Gasteiger partial charge in [-0.1, -0.05) is 31.2 Å². The number of hydrogen-bond acceptors (Lipinski definition) is 2. The molecule has 1 amide bonds. The van der Waals surface area contributed by atoms with Gasteiger partial charge in [0.15, 0.2) is 0 Å². The van der Waals surface area contributed by atoms with E-state index in [2.05, 4.69) is 10.3 Å². The van der Waals surface area contributed by atoms with Gasteiger partial charge in [0, 0.05) is 11.9 Å². The molecule has 0 saturated heterocycles. The number of nitrogens with zero attached hydrogens (tertiary/aromatic N) is 2. The fourth-order valence-corrected chi connectivity index (χ4v) is 2.24. The molecular weight excluding hydrogens is 250 g/mol. The average Bonchev–Trinajstić information content (AvgIpc) is 2.86. The first-order valence-electron chi connectivity index (χ1n) is 6.62. The number of hydrogen-bond donors (Lipinski definition) is 1. The first-order chi connectivity index (χ1) is 9.79. The summed E-state index contributed by atoms with van der Waals surface area (Å²) in [6.07, 6.45) is 2.58. The molecule has 0 aliphatic carbocycles. The molecule has 20 heavy (non-hydrogen) atoms. The molecule has 2 heterocycles. The van der Waals surface area contributed by atoms with E-state index >= 15 is 0 Å². The van der Waals surface area contributed by atoms with Crippen LogP contribution in [0, 0.1) is 0 Å². The number of rotatable bonds is 3. The Balaban J connectivity index is 2.02. The number of nitrogens with one attached hydrogen (secondary N) is 1. The number of para-hydroxylation sites is 1. The number of fused-ring (bicyclic) bond motifs is 1. The Kier molecular flexibility index (Phi) is 3.21. The van der Waals surface area contributed by atoms with E-state index in [4.69, 9.17) is 0 Å². The maximum Gasteiger partial charge on any atom is 0.274 e. The van der Waals surface area contributed by atoms with Crippen LogP contribution in [0.3, 0.4) is 0 Å². The van der Waals surface area contributed by atoms with Gasteiger partial charge in [0.25, 0.3) is 5.91 Å². The highest BCUT2D eigenvalue weighted by Gasteiger charge is 2.17. The van der Waals surface area contributed by atoms with Crippen LogP contribution >= 0.6 is 0 Å². The van der Waals surface area contributed by atoms with E-state index in [0.29, 0.717) is 5.69 Å². The van der Waals surface area contributed by atoms with Crippen molar-refractivity contribution in [3.63, 3.8) is 0 Å². The first-order valence-corrected chi connectivity index (χ1v) is 6.62. The van der Waals surface area contributed by atoms with Crippen LogP contribution in [0.5, 0.6) is 0 Å². The van der Waals surface area contributed by atoms with E-state index in [0.717, 1.165) is 23.4 Å². The van der Waals surface area contributed by atoms with Gasteiger partial charge in [-0.2, -0.15) is 0 Å². The lowest BCUT2D eigenvalue weighted by Gasteiger charge is -2.06. The van der Waals surface area contributed by atoms with Crippen molar-refractivity contribution in [1.29, 1.82) is 0 Å². The van der Waals surface area contributed by atoms with Crippen LogP contribution in [0.4, 0.5) is 5.69 Å². The maximum absolute atomic E-state index is 12.5. The topological polar surface area (TPSA) is 46.4 Å². The van der Waals surface area contributed by atoms with Crippen molar-refractivity contribution in [1.82, 2.24) is 9.38 Å². The minimum Gasteiger partial charge on any atom is -0.321 e. The number of amides is 1. The molecule has 4 nitrogen and oxygen atoms in total. The van der Waals surface area contributed by atoms with Crippen LogP contribution in [0.1, 0.15) is 23.1 Å². The minimum atomic E-state index is -0.133. The summed E-state index contributed by atoms with van der Waals surface area (Å²) in [7, 11) is 0. The molecule has 0 atom stereocenters. The fourth-order valence-electron chi connectivity index (χ4n) is 2.24. The second kappa shape index (κ2) is 5.17. The lowest BCUT2D eigenvalue weighted by molar-refractivity contribution is 0.102. The highest BCUT2D eigenvalue weighted by Crippen LogP contribution is 2.15. The molecule has 0 bridgehead atoms. The second-order valence-electron chi connectivity index (χ2n) is 4.51. The van der Waals surface area contributed by atoms with Crippen LogP contribution in [0.15, 0.2) is 54.7 Å². The van der Waals surface area contributed by atoms with E-state index in [9.17, 15) is 4.79 Å². The summed E-state index contributed by atoms with van der Waals surface area (Å²) < 4.78 is 1.83. The van der Waals surface area contributed by atoms with E-state index in [-0.39, 0.29) is 5.91 Å². The molecule has 0 aliphatic rings. The van der Waals surface area contributed by atoms with Gasteiger partial charge in [-0.25, -0.2) is 4.98 Å². The lowest BCUT2D eigenvalue weighted by Crippen LogP contribution is -2.16. The van der Waals surface area contributed by atoms with Crippen LogP contribution in [-0.4, -0.2) is 15.3 Å². The molecule has 2 aromatic heterocycles. The highest BCUT2D eigenvalue weighted by molar-refractivity contribution is 6.04. The quantitative estimate of drug-likeness (QED) is 0.790. The highest BCUT2D eigenvalue weighted by atomic mass is 16.2. The summed E-state index contributed by atoms with van der Waals surface area (Å²) in [5.74, 6) is -0.133. The monoisotopic (exact) mass is 265 g/mol. The van der Waals surface area contributed by atoms with Crippen molar-refractivity contribution < 1.29 is 4.79 Å². The number of imidazole rings is 1. The Morgan fingerprint density at radius 2 is 1.90 bits per heavy atom. The van der Waals surface area contributed by atoms with Crippen molar-refractivity contribution in [2.75, 3.05) is 5.32 Å². The first kappa shape index (κ1) is 12.4. The predicted molar refractivity (Wildman–Crippen MR) is 79.0 cm³/mol. The number of pyridine rings is 1. The van der Waals surface area contributed by atoms with E-state index < -0.39 is 0 Å². The van der Waals surface area contributed by atoms with Crippen LogP contribution in [-0.2, 0) is 6.42 Å². The summed E-state index contributed by atoms with van der Waals surface area (Å²) in [4.78, 5) is 17.0. The second-order valence-corrected chi connectivity index (χ2v) is 4.51. The predicted octanol–water partition coefficient (Wildman–Crippen LogP) is 3.15. The van der Waals surface area contributed by atoms with Crippen molar-refractivity contribution in [2.24, 2.45) is 0 Å². The van der Waals surface area contributed by atoms with Crippen LogP contribution < -0.4 is 5.32 Å². The molecule has 0 radical (unpaired) electrons. The Morgan fingerprint density at radius 3 is 2.65 bits per heavy atom. The molecule has 0 saturated carbocycles. The third-order valence-electron chi connectivity index (χ3n) is 3.18. The molecule has 0 fully saturated rings. The fraction of sp³-hybridized carbons (Fsp3) is 0.125.